The van der Waals surface area contributed by atoms with Crippen LogP contribution in [0.2, 0.25) is 0 Å². The van der Waals surface area contributed by atoms with Gasteiger partial charge < -0.3 is 5.32 Å². The molecule has 0 saturated heterocycles. The van der Waals surface area contributed by atoms with Crippen LogP contribution in [0.15, 0.2) is 87.1 Å². The van der Waals surface area contributed by atoms with Crippen LogP contribution in [0, 0.1) is 6.92 Å². The number of benzene rings is 3. The van der Waals surface area contributed by atoms with Gasteiger partial charge in [0.25, 0.3) is 0 Å². The van der Waals surface area contributed by atoms with E-state index in [1.807, 2.05) is 31.2 Å². The van der Waals surface area contributed by atoms with Crippen molar-refractivity contribution in [2.24, 2.45) is 0 Å². The van der Waals surface area contributed by atoms with E-state index in [1.54, 1.807) is 24.3 Å². The van der Waals surface area contributed by atoms with Crippen LogP contribution in [0.25, 0.3) is 0 Å². The molecule has 0 atom stereocenters. The maximum atomic E-state index is 13.4. The summed E-state index contributed by atoms with van der Waals surface area (Å²) < 4.78 is 54.2. The van der Waals surface area contributed by atoms with E-state index in [1.165, 1.54) is 38.4 Å². The van der Waals surface area contributed by atoms with Crippen LogP contribution in [0.1, 0.15) is 16.7 Å². The molecular formula is C25H28BrN3O5S2. The molecule has 0 aliphatic carbocycles. The largest absolute Gasteiger partial charge is 0.351 e. The van der Waals surface area contributed by atoms with Crippen LogP contribution in [0.5, 0.6) is 0 Å². The van der Waals surface area contributed by atoms with Gasteiger partial charge in [-0.05, 0) is 54.4 Å². The third kappa shape index (κ3) is 7.01. The molecule has 3 aromatic rings. The summed E-state index contributed by atoms with van der Waals surface area (Å²) in [6.45, 7) is 1.72. The fraction of sp³-hybridized carbons (Fsp3) is 0.240. The number of sulfonamides is 2. The molecule has 36 heavy (non-hydrogen) atoms. The Morgan fingerprint density at radius 3 is 1.83 bits per heavy atom. The first-order valence-electron chi connectivity index (χ1n) is 11.0. The van der Waals surface area contributed by atoms with Gasteiger partial charge in [-0.2, -0.15) is 4.31 Å². The summed E-state index contributed by atoms with van der Waals surface area (Å²) in [6, 6.07) is 19.9. The van der Waals surface area contributed by atoms with Crippen LogP contribution in [-0.2, 0) is 37.9 Å². The Hall–Kier alpha value is -2.57. The first kappa shape index (κ1) is 28.0. The number of carbonyl (C=O) groups excluding carboxylic acids is 1. The van der Waals surface area contributed by atoms with E-state index in [-0.39, 0.29) is 29.4 Å². The van der Waals surface area contributed by atoms with Gasteiger partial charge in [-0.1, -0.05) is 57.9 Å². The van der Waals surface area contributed by atoms with Crippen LogP contribution < -0.4 is 5.32 Å². The summed E-state index contributed by atoms with van der Waals surface area (Å²) in [6.07, 6.45) is 0. The number of nitrogens with one attached hydrogen (secondary N) is 1. The van der Waals surface area contributed by atoms with Crippen LogP contribution in [0.3, 0.4) is 0 Å². The van der Waals surface area contributed by atoms with Gasteiger partial charge in [-0.3, -0.25) is 4.79 Å². The van der Waals surface area contributed by atoms with Crippen LogP contribution in [-0.4, -0.2) is 52.0 Å². The van der Waals surface area contributed by atoms with Gasteiger partial charge in [-0.15, -0.1) is 0 Å². The smallest absolute Gasteiger partial charge is 0.243 e. The van der Waals surface area contributed by atoms with Gasteiger partial charge in [0.05, 0.1) is 16.3 Å². The molecule has 0 fully saturated rings. The lowest BCUT2D eigenvalue weighted by molar-refractivity contribution is -0.121. The lowest BCUT2D eigenvalue weighted by atomic mass is 10.1. The van der Waals surface area contributed by atoms with E-state index in [4.69, 9.17) is 0 Å². The van der Waals surface area contributed by atoms with Gasteiger partial charge in [0, 0.05) is 31.7 Å². The molecule has 0 aromatic heterocycles. The van der Waals surface area contributed by atoms with E-state index < -0.39 is 26.0 Å². The van der Waals surface area contributed by atoms with Crippen molar-refractivity contribution in [1.82, 2.24) is 13.9 Å². The minimum Gasteiger partial charge on any atom is -0.351 e. The summed E-state index contributed by atoms with van der Waals surface area (Å²) in [5.41, 5.74) is 2.48. The highest BCUT2D eigenvalue weighted by molar-refractivity contribution is 9.10. The molecule has 11 heteroatoms. The highest BCUT2D eigenvalue weighted by Gasteiger charge is 2.27. The van der Waals surface area contributed by atoms with Crippen molar-refractivity contribution in [3.8, 4) is 0 Å². The fourth-order valence-electron chi connectivity index (χ4n) is 3.29. The van der Waals surface area contributed by atoms with Gasteiger partial charge >= 0.3 is 0 Å². The maximum Gasteiger partial charge on any atom is 0.243 e. The highest BCUT2D eigenvalue weighted by Crippen LogP contribution is 2.21. The first-order valence-corrected chi connectivity index (χ1v) is 14.7. The van der Waals surface area contributed by atoms with E-state index >= 15 is 0 Å². The average Bonchev–Trinajstić information content (AvgIpc) is 2.84. The number of hydrogen-bond donors (Lipinski definition) is 1. The van der Waals surface area contributed by atoms with Gasteiger partial charge in [0.15, 0.2) is 0 Å². The molecule has 0 aliphatic rings. The molecule has 0 radical (unpaired) electrons. The van der Waals surface area contributed by atoms with Crippen molar-refractivity contribution in [3.63, 3.8) is 0 Å². The molecule has 3 aromatic carbocycles. The zero-order valence-corrected chi connectivity index (χ0v) is 23.4. The summed E-state index contributed by atoms with van der Waals surface area (Å²) in [4.78, 5) is 13.0. The number of rotatable bonds is 10. The molecule has 192 valence electrons. The Morgan fingerprint density at radius 1 is 0.778 bits per heavy atom. The minimum absolute atomic E-state index is 0.0309. The molecule has 1 amide bonds. The number of amides is 1. The standard InChI is InChI=1S/C25H28BrN3O5S2/c1-19-4-6-21(7-5-19)17-29(36(33,34)24-14-10-22(26)11-15-24)18-25(30)27-16-20-8-12-23(13-9-20)35(31,32)28(2)3/h4-15H,16-18H2,1-3H3,(H,27,30). The van der Waals surface area contributed by atoms with Crippen molar-refractivity contribution in [2.45, 2.75) is 29.8 Å². The Kier molecular flexibility index (Phi) is 9.07. The zero-order chi connectivity index (χ0) is 26.5. The summed E-state index contributed by atoms with van der Waals surface area (Å²) in [7, 11) is -4.60. The Bertz CT molecular complexity index is 1410. The minimum atomic E-state index is -3.95. The van der Waals surface area contributed by atoms with E-state index in [0.29, 0.717) is 5.56 Å². The molecule has 8 nitrogen and oxygen atoms in total. The van der Waals surface area contributed by atoms with E-state index in [2.05, 4.69) is 21.2 Å². The van der Waals surface area contributed by atoms with Crippen molar-refractivity contribution < 1.29 is 21.6 Å². The van der Waals surface area contributed by atoms with Crippen molar-refractivity contribution in [1.29, 1.82) is 0 Å². The Labute approximate surface area is 221 Å². The maximum absolute atomic E-state index is 13.4. The quantitative estimate of drug-likeness (QED) is 0.387. The van der Waals surface area contributed by atoms with Gasteiger partial charge in [0.2, 0.25) is 26.0 Å². The van der Waals surface area contributed by atoms with Crippen molar-refractivity contribution in [3.05, 3.63) is 94.0 Å². The normalized spacial score (nSPS) is 12.2. The predicted molar refractivity (Wildman–Crippen MR) is 142 cm³/mol. The first-order chi connectivity index (χ1) is 16.9. The topological polar surface area (TPSA) is 104 Å². The average molecular weight is 595 g/mol. The Morgan fingerprint density at radius 2 is 1.28 bits per heavy atom. The second kappa shape index (κ2) is 11.7. The Balaban J connectivity index is 1.75. The number of carbonyl (C=O) groups is 1. The number of halogens is 1. The fourth-order valence-corrected chi connectivity index (χ4v) is 5.84. The molecule has 0 saturated carbocycles. The SMILES string of the molecule is Cc1ccc(CN(CC(=O)NCc2ccc(S(=O)(=O)N(C)C)cc2)S(=O)(=O)c2ccc(Br)cc2)cc1. The van der Waals surface area contributed by atoms with Crippen molar-refractivity contribution >= 4 is 41.9 Å². The molecule has 0 spiro atoms. The molecule has 0 bridgehead atoms. The second-order valence-corrected chi connectivity index (χ2v) is 13.4. The summed E-state index contributed by atoms with van der Waals surface area (Å²) in [5, 5.41) is 2.73. The van der Waals surface area contributed by atoms with Gasteiger partial charge in [0.1, 0.15) is 0 Å². The van der Waals surface area contributed by atoms with E-state index in [0.717, 1.165) is 24.2 Å². The van der Waals surface area contributed by atoms with Crippen LogP contribution >= 0.6 is 15.9 Å². The molecule has 0 heterocycles. The third-order valence-electron chi connectivity index (χ3n) is 5.44. The van der Waals surface area contributed by atoms with Gasteiger partial charge in [-0.25, -0.2) is 21.1 Å². The second-order valence-electron chi connectivity index (χ2n) is 8.42. The molecule has 3 rings (SSSR count). The third-order valence-corrected chi connectivity index (χ3v) is 9.61. The van der Waals surface area contributed by atoms with Crippen molar-refractivity contribution in [2.75, 3.05) is 20.6 Å². The molecule has 0 unspecified atom stereocenters. The molecular weight excluding hydrogens is 566 g/mol. The lowest BCUT2D eigenvalue weighted by Crippen LogP contribution is -2.40. The molecule has 1 N–H and O–H groups in total. The zero-order valence-electron chi connectivity index (χ0n) is 20.2. The molecule has 0 aliphatic heterocycles. The number of hydrogen-bond acceptors (Lipinski definition) is 5. The van der Waals surface area contributed by atoms with Crippen LogP contribution in [0.4, 0.5) is 0 Å². The summed E-state index contributed by atoms with van der Waals surface area (Å²) in [5.74, 6) is -0.479. The predicted octanol–water partition coefficient (Wildman–Crippen LogP) is 3.52. The summed E-state index contributed by atoms with van der Waals surface area (Å²) >= 11 is 3.31. The highest BCUT2D eigenvalue weighted by atomic mass is 79.9. The van der Waals surface area contributed by atoms with E-state index in [9.17, 15) is 21.6 Å². The monoisotopic (exact) mass is 593 g/mol. The number of nitrogens with zero attached hydrogens (tertiary/aromatic N) is 2. The number of aryl methyl sites for hydroxylation is 1. The lowest BCUT2D eigenvalue weighted by Gasteiger charge is -2.22.